The number of rotatable bonds is 27. The molecule has 11 N–H and O–H groups in total. The van der Waals surface area contributed by atoms with E-state index in [4.69, 9.17) is 95.8 Å². The van der Waals surface area contributed by atoms with E-state index >= 15 is 0 Å². The molecule has 0 aliphatic carbocycles. The van der Waals surface area contributed by atoms with Crippen LogP contribution in [0.25, 0.3) is 0 Å². The first-order valence-electron chi connectivity index (χ1n) is 33.2. The van der Waals surface area contributed by atoms with Crippen LogP contribution in [0.15, 0.2) is 165 Å². The second-order valence-electron chi connectivity index (χ2n) is 23.0. The fourth-order valence-electron chi connectivity index (χ4n) is 10.6. The van der Waals surface area contributed by atoms with Gasteiger partial charge >= 0.3 is 0 Å². The van der Waals surface area contributed by atoms with E-state index in [0.29, 0.717) is 50.5 Å². The summed E-state index contributed by atoms with van der Waals surface area (Å²) in [6, 6.07) is 41.7. The molecule has 2 atom stereocenters. The lowest BCUT2D eigenvalue weighted by Crippen LogP contribution is -2.35. The molecule has 0 spiro atoms. The molecule has 12 heterocycles. The number of nitrogens with one attached hydrogen (secondary N) is 1. The number of nitrogen functional groups attached to an aromatic ring is 5. The van der Waals surface area contributed by atoms with Crippen molar-refractivity contribution in [3.63, 3.8) is 0 Å². The summed E-state index contributed by atoms with van der Waals surface area (Å²) in [6.07, 6.45) is 5.11. The highest BCUT2D eigenvalue weighted by atomic mass is 35.5. The Hall–Kier alpha value is -8.23. The Labute approximate surface area is 651 Å². The van der Waals surface area contributed by atoms with Crippen molar-refractivity contribution in [3.05, 3.63) is 228 Å². The summed E-state index contributed by atoms with van der Waals surface area (Å²) in [5.41, 5.74) is 30.9. The van der Waals surface area contributed by atoms with Crippen molar-refractivity contribution in [2.24, 2.45) is 0 Å². The third-order valence-corrected chi connectivity index (χ3v) is 21.0. The molecule has 1 fully saturated rings. The Morgan fingerprint density at radius 1 is 0.462 bits per heavy atom. The van der Waals surface area contributed by atoms with E-state index in [1.807, 2.05) is 41.8 Å². The standard InChI is InChI=1S/C17H17ClN4S.C15H22ClN5S.C14H17ClN4OS.C14H13ClN4OS.C11H13ClN4S/c1-2-11-5-7-12(8-6-11)16(13-4-3-9-23-13)21-15-10-14(18)20-17(19)22-15;1-3-20(4-2)7-8-21(11-12-6-5-9-22-12)14-10-13(16)18-15(17)19-14;2*15-12-7-13(18-14(16)17-12)19(8-10-3-1-5-20-10)9-11-4-2-6-21-11;1-2-16(7-8-4-3-5-17-8)10-6-9(12)14-11(13)15-10/h3-10,16H,2H2,1H3,(H3,19,20,21,22);5-6,9-10H,3-4,7-8,11H2,1-2H3,(H2,17,18,19);2,4,6-7,10H,1,3,5,8-9H2,(H2,16,17,18);1-7H,8-9H2,(H2,16,17,18);3-6H,2,7H2,1H3,(H2,13,14,15). The molecule has 1 saturated heterocycles. The molecule has 2 unspecified atom stereocenters. The third kappa shape index (κ3) is 26.1. The molecule has 1 aromatic carbocycles. The lowest BCUT2D eigenvalue weighted by atomic mass is 10.0. The van der Waals surface area contributed by atoms with Gasteiger partial charge < -0.3 is 67.6 Å². The molecule has 1 aliphatic rings. The summed E-state index contributed by atoms with van der Waals surface area (Å²) in [7, 11) is 0. The number of aromatic nitrogens is 10. The maximum absolute atomic E-state index is 6.03. The SMILES string of the molecule is CCN(CC)CCN(Cc1cccs1)c1cc(Cl)nc(N)n1.CCN(Cc1cccs1)c1cc(Cl)nc(N)n1.CCc1ccc(C(Nc2cc(Cl)nc(N)n2)c2cccs2)cc1.Nc1nc(Cl)cc(N(Cc2ccco2)Cc2cccs2)n1.Nc1nc(Cl)cc(N(Cc2cccs2)CC2CCCO2)n1. The van der Waals surface area contributed by atoms with Crippen molar-refractivity contribution >= 4 is 174 Å². The van der Waals surface area contributed by atoms with Crippen LogP contribution in [0.3, 0.4) is 0 Å². The van der Waals surface area contributed by atoms with Crippen molar-refractivity contribution in [2.45, 2.75) is 91.8 Å². The number of aryl methyl sites for hydroxylation is 1. The highest BCUT2D eigenvalue weighted by molar-refractivity contribution is 7.11. The molecular weight excluding hydrogens is 1520 g/mol. The number of thiophene rings is 5. The molecule has 104 heavy (non-hydrogen) atoms. The number of hydrogen-bond donors (Lipinski definition) is 6. The minimum absolute atomic E-state index is 0.00808. The Morgan fingerprint density at radius 2 is 0.904 bits per heavy atom. The third-order valence-electron chi connectivity index (χ3n) is 15.7. The highest BCUT2D eigenvalue weighted by Crippen LogP contribution is 2.32. The summed E-state index contributed by atoms with van der Waals surface area (Å²) < 4.78 is 11.2. The number of nitrogens with two attached hydrogens (primary N) is 5. The van der Waals surface area contributed by atoms with Crippen LogP contribution in [0.2, 0.25) is 25.8 Å². The average Bonchev–Trinajstić information content (AvgIpc) is 1.34. The van der Waals surface area contributed by atoms with Gasteiger partial charge in [-0.05, 0) is 120 Å². The van der Waals surface area contributed by atoms with Gasteiger partial charge in [0.1, 0.15) is 60.6 Å². The number of benzene rings is 1. The van der Waals surface area contributed by atoms with Crippen molar-refractivity contribution in [2.75, 3.05) is 99.5 Å². The molecule has 1 aliphatic heterocycles. The van der Waals surface area contributed by atoms with Crippen LogP contribution in [0, 0.1) is 0 Å². The minimum atomic E-state index is -0.00808. The van der Waals surface area contributed by atoms with E-state index in [-0.39, 0.29) is 41.9 Å². The normalized spacial score (nSPS) is 12.5. The lowest BCUT2D eigenvalue weighted by Gasteiger charge is -2.27. The second-order valence-corrected chi connectivity index (χ2v) is 30.0. The fourth-order valence-corrected chi connectivity index (χ4v) is 15.2. The highest BCUT2D eigenvalue weighted by Gasteiger charge is 2.23. The van der Waals surface area contributed by atoms with Gasteiger partial charge in [0.05, 0.1) is 51.1 Å². The molecule has 0 bridgehead atoms. The predicted molar refractivity (Wildman–Crippen MR) is 434 cm³/mol. The van der Waals surface area contributed by atoms with E-state index in [2.05, 4.69) is 190 Å². The molecule has 12 aromatic rings. The molecular formula is C71H82Cl5N21O2S5. The van der Waals surface area contributed by atoms with Crippen LogP contribution < -0.4 is 53.6 Å². The van der Waals surface area contributed by atoms with Crippen molar-refractivity contribution < 1.29 is 9.15 Å². The molecule has 0 amide bonds. The van der Waals surface area contributed by atoms with E-state index in [1.54, 1.807) is 93.3 Å². The van der Waals surface area contributed by atoms with Crippen LogP contribution in [-0.4, -0.2) is 107 Å². The van der Waals surface area contributed by atoms with E-state index in [0.717, 1.165) is 114 Å². The molecule has 11 aromatic heterocycles. The predicted octanol–water partition coefficient (Wildman–Crippen LogP) is 17.0. The average molecular weight is 1600 g/mol. The molecule has 33 heteroatoms. The molecule has 0 radical (unpaired) electrons. The van der Waals surface area contributed by atoms with Gasteiger partial charge in [-0.1, -0.05) is 133 Å². The maximum Gasteiger partial charge on any atom is 0.223 e. The quantitative estimate of drug-likeness (QED) is 0.0261. The Bertz CT molecular complexity index is 4280. The zero-order valence-electron chi connectivity index (χ0n) is 57.7. The smallest absolute Gasteiger partial charge is 0.223 e. The second kappa shape index (κ2) is 41.5. The molecule has 13 rings (SSSR count). The van der Waals surface area contributed by atoms with Crippen molar-refractivity contribution in [1.29, 1.82) is 0 Å². The minimum Gasteiger partial charge on any atom is -0.467 e. The number of nitrogens with zero attached hydrogens (tertiary/aromatic N) is 15. The van der Waals surface area contributed by atoms with Crippen LogP contribution >= 0.6 is 115 Å². The van der Waals surface area contributed by atoms with Crippen LogP contribution in [0.4, 0.5) is 58.8 Å². The summed E-state index contributed by atoms with van der Waals surface area (Å²) in [6.45, 7) is 18.6. The number of furan rings is 1. The summed E-state index contributed by atoms with van der Waals surface area (Å²) >= 11 is 38.4. The monoisotopic (exact) mass is 1600 g/mol. The molecule has 548 valence electrons. The first-order chi connectivity index (χ1) is 50.4. The van der Waals surface area contributed by atoms with Gasteiger partial charge in [-0.15, -0.1) is 56.7 Å². The fraction of sp³-hybridized carbons (Fsp3) is 0.296. The number of halogens is 5. The van der Waals surface area contributed by atoms with Crippen molar-refractivity contribution in [1.82, 2.24) is 54.7 Å². The topological polar surface area (TPSA) is 310 Å². The maximum atomic E-state index is 6.03. The lowest BCUT2D eigenvalue weighted by molar-refractivity contribution is 0.115. The number of ether oxygens (including phenoxy) is 1. The van der Waals surface area contributed by atoms with E-state index in [1.165, 1.54) is 29.9 Å². The number of likely N-dealkylation sites (N-methyl/N-ethyl adjacent to an activating group) is 1. The van der Waals surface area contributed by atoms with Gasteiger partial charge in [-0.3, -0.25) is 0 Å². The van der Waals surface area contributed by atoms with E-state index < -0.39 is 0 Å². The number of anilines is 10. The number of hydrogen-bond acceptors (Lipinski definition) is 28. The van der Waals surface area contributed by atoms with Gasteiger partial charge in [-0.25, -0.2) is 24.9 Å². The Morgan fingerprint density at radius 3 is 1.32 bits per heavy atom. The van der Waals surface area contributed by atoms with Gasteiger partial charge in [-0.2, -0.15) is 24.9 Å². The largest absolute Gasteiger partial charge is 0.467 e. The molecule has 23 nitrogen and oxygen atoms in total. The van der Waals surface area contributed by atoms with Crippen LogP contribution in [-0.2, 0) is 43.9 Å². The zero-order valence-corrected chi connectivity index (χ0v) is 65.6. The van der Waals surface area contributed by atoms with E-state index in [9.17, 15) is 0 Å². The zero-order chi connectivity index (χ0) is 73.7. The van der Waals surface area contributed by atoms with Crippen molar-refractivity contribution in [3.8, 4) is 0 Å². The Kier molecular flexibility index (Phi) is 31.8. The van der Waals surface area contributed by atoms with Crippen LogP contribution in [0.1, 0.15) is 87.9 Å². The van der Waals surface area contributed by atoms with Crippen LogP contribution in [0.5, 0.6) is 0 Å². The molecule has 0 saturated carbocycles. The summed E-state index contributed by atoms with van der Waals surface area (Å²) in [5, 5.41) is 15.5. The van der Waals surface area contributed by atoms with Gasteiger partial charge in [0.15, 0.2) is 0 Å². The first kappa shape index (κ1) is 79.9. The summed E-state index contributed by atoms with van der Waals surface area (Å²) in [5.74, 6) is 5.35. The first-order valence-corrected chi connectivity index (χ1v) is 39.5. The Balaban J connectivity index is 0.000000151. The van der Waals surface area contributed by atoms with Gasteiger partial charge in [0.25, 0.3) is 0 Å². The summed E-state index contributed by atoms with van der Waals surface area (Å²) in [4.78, 5) is 58.0. The van der Waals surface area contributed by atoms with Gasteiger partial charge in [0, 0.05) is 87.5 Å². The van der Waals surface area contributed by atoms with Gasteiger partial charge in [0.2, 0.25) is 29.7 Å².